The van der Waals surface area contributed by atoms with E-state index in [2.05, 4.69) is 33.5 Å². The number of hydrogen-bond acceptors (Lipinski definition) is 3. The monoisotopic (exact) mass is 421 g/mol. The summed E-state index contributed by atoms with van der Waals surface area (Å²) in [7, 11) is 0. The Balaban J connectivity index is 1.65. The average Bonchev–Trinajstić information content (AvgIpc) is 2.82. The number of imide groups is 1. The molecule has 7 heteroatoms. The van der Waals surface area contributed by atoms with Gasteiger partial charge in [0.1, 0.15) is 12.1 Å². The quantitative estimate of drug-likeness (QED) is 0.728. The van der Waals surface area contributed by atoms with Crippen molar-refractivity contribution in [2.24, 2.45) is 5.92 Å². The zero-order valence-corrected chi connectivity index (χ0v) is 16.7. The molecule has 1 aliphatic carbocycles. The predicted molar refractivity (Wildman–Crippen MR) is 103 cm³/mol. The molecule has 1 heterocycles. The number of anilines is 1. The Kier molecular flexibility index (Phi) is 5.37. The van der Waals surface area contributed by atoms with Crippen LogP contribution >= 0.6 is 15.9 Å². The molecule has 0 aromatic heterocycles. The van der Waals surface area contributed by atoms with Crippen molar-refractivity contribution in [1.29, 1.82) is 0 Å². The van der Waals surface area contributed by atoms with E-state index in [1.807, 2.05) is 19.1 Å². The van der Waals surface area contributed by atoms with Crippen molar-refractivity contribution in [1.82, 2.24) is 10.2 Å². The molecule has 1 saturated carbocycles. The van der Waals surface area contributed by atoms with Gasteiger partial charge in [0.25, 0.3) is 5.91 Å². The molecule has 2 N–H and O–H groups in total. The van der Waals surface area contributed by atoms with E-state index in [9.17, 15) is 14.4 Å². The maximum Gasteiger partial charge on any atom is 0.325 e. The molecule has 4 amide bonds. The van der Waals surface area contributed by atoms with Crippen LogP contribution in [0.4, 0.5) is 10.5 Å². The molecule has 0 unspecified atom stereocenters. The van der Waals surface area contributed by atoms with Gasteiger partial charge in [-0.1, -0.05) is 29.3 Å². The van der Waals surface area contributed by atoms with Crippen molar-refractivity contribution >= 4 is 39.5 Å². The van der Waals surface area contributed by atoms with Crippen LogP contribution in [-0.2, 0) is 9.59 Å². The second-order valence-corrected chi connectivity index (χ2v) is 8.18. The van der Waals surface area contributed by atoms with Gasteiger partial charge in [-0.3, -0.25) is 14.5 Å². The number of urea groups is 1. The Morgan fingerprint density at radius 2 is 2.04 bits per heavy atom. The minimum absolute atomic E-state index is 0.264. The highest BCUT2D eigenvalue weighted by atomic mass is 79.9. The normalized spacial score (nSPS) is 25.5. The van der Waals surface area contributed by atoms with Crippen molar-refractivity contribution in [3.8, 4) is 0 Å². The number of nitrogens with zero attached hydrogens (tertiary/aromatic N) is 1. The van der Waals surface area contributed by atoms with Crippen molar-refractivity contribution in [3.05, 3.63) is 28.2 Å². The van der Waals surface area contributed by atoms with Crippen molar-refractivity contribution in [3.63, 3.8) is 0 Å². The Labute approximate surface area is 161 Å². The molecule has 1 saturated heterocycles. The molecule has 2 fully saturated rings. The van der Waals surface area contributed by atoms with Gasteiger partial charge in [0.05, 0.1) is 0 Å². The lowest BCUT2D eigenvalue weighted by molar-refractivity contribution is -0.135. The maximum atomic E-state index is 12.8. The summed E-state index contributed by atoms with van der Waals surface area (Å²) in [5, 5.41) is 5.63. The topological polar surface area (TPSA) is 78.5 Å². The number of carbonyl (C=O) groups excluding carboxylic acids is 3. The van der Waals surface area contributed by atoms with Gasteiger partial charge in [0.15, 0.2) is 0 Å². The van der Waals surface area contributed by atoms with Gasteiger partial charge in [-0.05, 0) is 62.3 Å². The van der Waals surface area contributed by atoms with Crippen LogP contribution in [0, 0.1) is 12.8 Å². The van der Waals surface area contributed by atoms with Crippen LogP contribution in [-0.4, -0.2) is 34.8 Å². The molecule has 1 aromatic rings. The molecule has 26 heavy (non-hydrogen) atoms. The molecule has 0 atom stereocenters. The first-order valence-electron chi connectivity index (χ1n) is 9.05. The third-order valence-corrected chi connectivity index (χ3v) is 6.04. The lowest BCUT2D eigenvalue weighted by atomic mass is 9.75. The number of halogens is 1. The number of amides is 4. The molecule has 3 rings (SSSR count). The van der Waals surface area contributed by atoms with Crippen LogP contribution in [0.15, 0.2) is 22.7 Å². The summed E-state index contributed by atoms with van der Waals surface area (Å²) in [6.07, 6.45) is 4.26. The SMILES string of the molecule is CCC1CCC2(CC1)NC(=O)N(CC(=O)Nc1ccc(Br)cc1C)C2=O. The van der Waals surface area contributed by atoms with Crippen molar-refractivity contribution < 1.29 is 14.4 Å². The molecule has 1 aliphatic heterocycles. The zero-order valence-electron chi connectivity index (χ0n) is 15.1. The number of rotatable bonds is 4. The van der Waals surface area contributed by atoms with Crippen LogP contribution in [0.1, 0.15) is 44.6 Å². The Morgan fingerprint density at radius 1 is 1.35 bits per heavy atom. The van der Waals surface area contributed by atoms with Crippen LogP contribution in [0.5, 0.6) is 0 Å². The van der Waals surface area contributed by atoms with Crippen LogP contribution in [0.25, 0.3) is 0 Å². The third-order valence-electron chi connectivity index (χ3n) is 5.55. The smallest absolute Gasteiger partial charge is 0.324 e. The van der Waals surface area contributed by atoms with Gasteiger partial charge in [-0.15, -0.1) is 0 Å². The van der Waals surface area contributed by atoms with Crippen molar-refractivity contribution in [2.45, 2.75) is 51.5 Å². The molecule has 0 bridgehead atoms. The lowest BCUT2D eigenvalue weighted by Crippen LogP contribution is -2.49. The molecule has 140 valence electrons. The van der Waals surface area contributed by atoms with Gasteiger partial charge >= 0.3 is 6.03 Å². The molecular formula is C19H24BrN3O3. The first kappa shape index (κ1) is 18.9. The van der Waals surface area contributed by atoms with E-state index in [-0.39, 0.29) is 18.4 Å². The summed E-state index contributed by atoms with van der Waals surface area (Å²) < 4.78 is 0.923. The Morgan fingerprint density at radius 3 is 2.65 bits per heavy atom. The van der Waals surface area contributed by atoms with Gasteiger partial charge in [0, 0.05) is 10.2 Å². The summed E-state index contributed by atoms with van der Waals surface area (Å²) in [6.45, 7) is 3.77. The van der Waals surface area contributed by atoms with Crippen LogP contribution in [0.3, 0.4) is 0 Å². The van der Waals surface area contributed by atoms with Gasteiger partial charge < -0.3 is 10.6 Å². The minimum atomic E-state index is -0.809. The standard InChI is InChI=1S/C19H24BrN3O3/c1-3-13-6-8-19(9-7-13)17(25)23(18(26)22-19)11-16(24)21-15-5-4-14(20)10-12(15)2/h4-5,10,13H,3,6-9,11H2,1-2H3,(H,21,24)(H,22,26). The summed E-state index contributed by atoms with van der Waals surface area (Å²) in [4.78, 5) is 38.6. The van der Waals surface area contributed by atoms with Gasteiger partial charge in [0.2, 0.25) is 5.91 Å². The average molecular weight is 422 g/mol. The summed E-state index contributed by atoms with van der Waals surface area (Å²) in [5.74, 6) is -0.0268. The van der Waals surface area contributed by atoms with E-state index < -0.39 is 11.6 Å². The van der Waals surface area contributed by atoms with Crippen molar-refractivity contribution in [2.75, 3.05) is 11.9 Å². The third kappa shape index (κ3) is 3.63. The summed E-state index contributed by atoms with van der Waals surface area (Å²) >= 11 is 3.38. The van der Waals surface area contributed by atoms with E-state index in [4.69, 9.17) is 0 Å². The highest BCUT2D eigenvalue weighted by molar-refractivity contribution is 9.10. The van der Waals surface area contributed by atoms with Gasteiger partial charge in [-0.2, -0.15) is 0 Å². The number of hydrogen-bond donors (Lipinski definition) is 2. The molecule has 1 aromatic carbocycles. The summed E-state index contributed by atoms with van der Waals surface area (Å²) in [5.41, 5.74) is 0.763. The molecule has 0 radical (unpaired) electrons. The number of aryl methyl sites for hydroxylation is 1. The largest absolute Gasteiger partial charge is 0.325 e. The Hall–Kier alpha value is -1.89. The molecular weight excluding hydrogens is 398 g/mol. The zero-order chi connectivity index (χ0) is 18.9. The van der Waals surface area contributed by atoms with E-state index in [0.29, 0.717) is 24.4 Å². The number of carbonyl (C=O) groups is 3. The molecule has 2 aliphatic rings. The maximum absolute atomic E-state index is 12.8. The van der Waals surface area contributed by atoms with E-state index >= 15 is 0 Å². The minimum Gasteiger partial charge on any atom is -0.324 e. The van der Waals surface area contributed by atoms with Crippen LogP contribution < -0.4 is 10.6 Å². The predicted octanol–water partition coefficient (Wildman–Crippen LogP) is 3.59. The highest BCUT2D eigenvalue weighted by Gasteiger charge is 2.52. The van der Waals surface area contributed by atoms with Crippen LogP contribution in [0.2, 0.25) is 0 Å². The Bertz CT molecular complexity index is 742. The first-order valence-corrected chi connectivity index (χ1v) is 9.84. The second kappa shape index (κ2) is 7.39. The lowest BCUT2D eigenvalue weighted by Gasteiger charge is -2.34. The van der Waals surface area contributed by atoms with Gasteiger partial charge in [-0.25, -0.2) is 4.79 Å². The van der Waals surface area contributed by atoms with E-state index in [1.165, 1.54) is 0 Å². The molecule has 6 nitrogen and oxygen atoms in total. The second-order valence-electron chi connectivity index (χ2n) is 7.26. The summed E-state index contributed by atoms with van der Waals surface area (Å²) in [6, 6.07) is 5.05. The fourth-order valence-corrected chi connectivity index (χ4v) is 4.31. The highest BCUT2D eigenvalue weighted by Crippen LogP contribution is 2.37. The first-order chi connectivity index (χ1) is 12.3. The fourth-order valence-electron chi connectivity index (χ4n) is 3.84. The molecule has 1 spiro atoms. The number of benzene rings is 1. The van der Waals surface area contributed by atoms with E-state index in [0.717, 1.165) is 34.2 Å². The number of nitrogens with one attached hydrogen (secondary N) is 2. The van der Waals surface area contributed by atoms with E-state index in [1.54, 1.807) is 6.07 Å². The fraction of sp³-hybridized carbons (Fsp3) is 0.526.